The van der Waals surface area contributed by atoms with Crippen LogP contribution in [0.4, 0.5) is 15.7 Å². The average molecular weight is 513 g/mol. The Balaban J connectivity index is 1.49. The maximum atomic E-state index is 13.6. The monoisotopic (exact) mass is 512 g/mol. The second kappa shape index (κ2) is 9.30. The molecule has 0 bridgehead atoms. The summed E-state index contributed by atoms with van der Waals surface area (Å²) in [6.45, 7) is 13.7. The molecule has 36 heavy (non-hydrogen) atoms. The fourth-order valence-corrected chi connectivity index (χ4v) is 5.86. The second-order valence-corrected chi connectivity index (χ2v) is 12.2. The van der Waals surface area contributed by atoms with Gasteiger partial charge in [0.15, 0.2) is 5.13 Å². The van der Waals surface area contributed by atoms with Gasteiger partial charge in [0.25, 0.3) is 5.91 Å². The predicted molar refractivity (Wildman–Crippen MR) is 142 cm³/mol. The Labute approximate surface area is 216 Å². The molecule has 9 nitrogen and oxygen atoms in total. The molecular weight excluding hydrogens is 476 g/mol. The summed E-state index contributed by atoms with van der Waals surface area (Å²) in [6.07, 6.45) is 1.87. The standard InChI is InChI=1S/C26H36N6O3S/c1-15-21(36-24(27-15)29-25(34)35-26(3,4)5)19-13-18-14-32(16(2)17-7-8-17)23(33)20(18)22(28-19)31-11-9-30(6)10-12-31/h13,16-17H,7-12,14H2,1-6H3,(H,27,29,34)/t16-/m0/s1. The Morgan fingerprint density at radius 1 is 1.19 bits per heavy atom. The third-order valence-corrected chi connectivity index (χ3v) is 8.23. The summed E-state index contributed by atoms with van der Waals surface area (Å²) in [5.41, 5.74) is 2.78. The minimum Gasteiger partial charge on any atom is -0.444 e. The van der Waals surface area contributed by atoms with Crippen LogP contribution >= 0.6 is 11.3 Å². The fraction of sp³-hybridized carbons (Fsp3) is 0.615. The van der Waals surface area contributed by atoms with Crippen molar-refractivity contribution < 1.29 is 14.3 Å². The molecule has 194 valence electrons. The fourth-order valence-electron chi connectivity index (χ4n) is 4.94. The number of ether oxygens (including phenoxy) is 1. The van der Waals surface area contributed by atoms with E-state index in [1.807, 2.05) is 38.7 Å². The Kier molecular flexibility index (Phi) is 6.45. The lowest BCUT2D eigenvalue weighted by Crippen LogP contribution is -2.45. The van der Waals surface area contributed by atoms with Gasteiger partial charge in [-0.3, -0.25) is 10.1 Å². The third-order valence-electron chi connectivity index (χ3n) is 7.13. The number of carbonyl (C=O) groups excluding carboxylic acids is 2. The van der Waals surface area contributed by atoms with Crippen molar-refractivity contribution in [3.8, 4) is 10.6 Å². The second-order valence-electron chi connectivity index (χ2n) is 11.2. The van der Waals surface area contributed by atoms with Crippen molar-refractivity contribution in [2.45, 2.75) is 65.6 Å². The van der Waals surface area contributed by atoms with Crippen LogP contribution in [0, 0.1) is 12.8 Å². The zero-order valence-corrected chi connectivity index (χ0v) is 22.9. The molecule has 1 atom stereocenters. The first kappa shape index (κ1) is 25.0. The van der Waals surface area contributed by atoms with Crippen molar-refractivity contribution in [2.24, 2.45) is 5.92 Å². The highest BCUT2D eigenvalue weighted by molar-refractivity contribution is 7.19. The molecule has 0 unspecified atom stereocenters. The summed E-state index contributed by atoms with van der Waals surface area (Å²) in [5, 5.41) is 3.23. The van der Waals surface area contributed by atoms with Gasteiger partial charge in [-0.05, 0) is 72.1 Å². The van der Waals surface area contributed by atoms with E-state index in [0.29, 0.717) is 17.6 Å². The van der Waals surface area contributed by atoms with Crippen LogP contribution in [0.2, 0.25) is 0 Å². The Hall–Kier alpha value is -2.72. The lowest BCUT2D eigenvalue weighted by atomic mass is 10.1. The lowest BCUT2D eigenvalue weighted by molar-refractivity contribution is 0.0634. The molecule has 10 heteroatoms. The maximum absolute atomic E-state index is 13.6. The van der Waals surface area contributed by atoms with Crippen molar-refractivity contribution in [3.05, 3.63) is 22.9 Å². The first-order valence-electron chi connectivity index (χ1n) is 12.8. The van der Waals surface area contributed by atoms with E-state index in [0.717, 1.165) is 59.4 Å². The van der Waals surface area contributed by atoms with Gasteiger partial charge in [-0.2, -0.15) is 0 Å². The number of hydrogen-bond acceptors (Lipinski definition) is 8. The topological polar surface area (TPSA) is 90.9 Å². The smallest absolute Gasteiger partial charge is 0.413 e. The molecule has 0 radical (unpaired) electrons. The van der Waals surface area contributed by atoms with Gasteiger partial charge < -0.3 is 19.4 Å². The SMILES string of the molecule is Cc1nc(NC(=O)OC(C)(C)C)sc1-c1cc2c(c(N3CCN(C)CC3)n1)C(=O)N([C@@H](C)C1CC1)C2. The molecule has 0 spiro atoms. The average Bonchev–Trinajstić information content (AvgIpc) is 3.51. The quantitative estimate of drug-likeness (QED) is 0.636. The lowest BCUT2D eigenvalue weighted by Gasteiger charge is -2.34. The number of fused-ring (bicyclic) bond motifs is 1. The summed E-state index contributed by atoms with van der Waals surface area (Å²) in [6, 6.07) is 2.29. The van der Waals surface area contributed by atoms with E-state index in [4.69, 9.17) is 9.72 Å². The van der Waals surface area contributed by atoms with Crippen LogP contribution in [0.5, 0.6) is 0 Å². The van der Waals surface area contributed by atoms with Gasteiger partial charge in [0.2, 0.25) is 0 Å². The van der Waals surface area contributed by atoms with Crippen LogP contribution in [0.15, 0.2) is 6.07 Å². The van der Waals surface area contributed by atoms with Gasteiger partial charge >= 0.3 is 6.09 Å². The molecule has 2 fully saturated rings. The third kappa shape index (κ3) is 5.06. The van der Waals surface area contributed by atoms with E-state index >= 15 is 0 Å². The van der Waals surface area contributed by atoms with Crippen LogP contribution in [0.25, 0.3) is 10.6 Å². The summed E-state index contributed by atoms with van der Waals surface area (Å²) in [5.74, 6) is 1.49. The number of aromatic nitrogens is 2. The van der Waals surface area contributed by atoms with Crippen LogP contribution in [0.3, 0.4) is 0 Å². The Bertz CT molecular complexity index is 1180. The number of nitrogens with one attached hydrogen (secondary N) is 1. The van der Waals surface area contributed by atoms with Gasteiger partial charge in [0, 0.05) is 38.8 Å². The van der Waals surface area contributed by atoms with Crippen LogP contribution in [0.1, 0.15) is 62.2 Å². The molecule has 4 heterocycles. The van der Waals surface area contributed by atoms with Crippen molar-refractivity contribution >= 4 is 34.3 Å². The zero-order valence-electron chi connectivity index (χ0n) is 22.1. The van der Waals surface area contributed by atoms with E-state index < -0.39 is 11.7 Å². The number of anilines is 2. The number of likely N-dealkylation sites (N-methyl/N-ethyl adjacent to an activating group) is 1. The van der Waals surface area contributed by atoms with Crippen LogP contribution < -0.4 is 10.2 Å². The number of piperazine rings is 1. The molecule has 2 aliphatic heterocycles. The highest BCUT2D eigenvalue weighted by atomic mass is 32.1. The number of aryl methyl sites for hydroxylation is 1. The van der Waals surface area contributed by atoms with Crippen LogP contribution in [-0.2, 0) is 11.3 Å². The maximum Gasteiger partial charge on any atom is 0.413 e. The Morgan fingerprint density at radius 2 is 1.89 bits per heavy atom. The van der Waals surface area contributed by atoms with Crippen molar-refractivity contribution in [3.63, 3.8) is 0 Å². The molecule has 0 aromatic carbocycles. The normalized spacial score (nSPS) is 19.4. The molecular formula is C26H36N6O3S. The minimum absolute atomic E-state index is 0.102. The van der Waals surface area contributed by atoms with Gasteiger partial charge in [-0.15, -0.1) is 0 Å². The van der Waals surface area contributed by atoms with Gasteiger partial charge in [0.1, 0.15) is 11.4 Å². The summed E-state index contributed by atoms with van der Waals surface area (Å²) >= 11 is 1.38. The minimum atomic E-state index is -0.589. The highest BCUT2D eigenvalue weighted by Crippen LogP contribution is 2.42. The largest absolute Gasteiger partial charge is 0.444 e. The molecule has 5 rings (SSSR count). The number of nitrogens with zero attached hydrogens (tertiary/aromatic N) is 5. The van der Waals surface area contributed by atoms with Crippen molar-refractivity contribution in [2.75, 3.05) is 43.4 Å². The number of thiazole rings is 1. The molecule has 1 aliphatic carbocycles. The molecule has 1 N–H and O–H groups in total. The molecule has 1 saturated carbocycles. The van der Waals surface area contributed by atoms with E-state index in [9.17, 15) is 9.59 Å². The van der Waals surface area contributed by atoms with Crippen LogP contribution in [-0.4, -0.2) is 76.6 Å². The first-order valence-corrected chi connectivity index (χ1v) is 13.6. The van der Waals surface area contributed by atoms with Gasteiger partial charge in [0.05, 0.1) is 21.8 Å². The number of rotatable bonds is 5. The van der Waals surface area contributed by atoms with Crippen molar-refractivity contribution in [1.82, 2.24) is 19.8 Å². The van der Waals surface area contributed by atoms with Crippen molar-refractivity contribution in [1.29, 1.82) is 0 Å². The number of pyridine rings is 1. The number of hydrogen-bond donors (Lipinski definition) is 1. The first-order chi connectivity index (χ1) is 17.0. The van der Waals surface area contributed by atoms with Gasteiger partial charge in [-0.25, -0.2) is 14.8 Å². The summed E-state index contributed by atoms with van der Waals surface area (Å²) in [7, 11) is 2.12. The van der Waals surface area contributed by atoms with E-state index in [1.54, 1.807) is 0 Å². The van der Waals surface area contributed by atoms with E-state index in [2.05, 4.69) is 34.1 Å². The zero-order chi connectivity index (χ0) is 25.8. The summed E-state index contributed by atoms with van der Waals surface area (Å²) < 4.78 is 5.38. The molecule has 3 aliphatic rings. The number of amides is 2. The number of carbonyl (C=O) groups is 2. The van der Waals surface area contributed by atoms with Gasteiger partial charge in [-0.1, -0.05) is 11.3 Å². The predicted octanol–water partition coefficient (Wildman–Crippen LogP) is 4.37. The van der Waals surface area contributed by atoms with E-state index in [1.165, 1.54) is 24.2 Å². The highest BCUT2D eigenvalue weighted by Gasteiger charge is 2.41. The molecule has 2 aromatic heterocycles. The molecule has 2 amide bonds. The molecule has 1 saturated heterocycles. The van der Waals surface area contributed by atoms with E-state index in [-0.39, 0.29) is 11.9 Å². The molecule has 2 aromatic rings. The summed E-state index contributed by atoms with van der Waals surface area (Å²) in [4.78, 5) is 43.0. The Morgan fingerprint density at radius 3 is 2.53 bits per heavy atom.